The van der Waals surface area contributed by atoms with Crippen molar-refractivity contribution in [3.8, 4) is 22.6 Å². The maximum atomic E-state index is 6.45. The third-order valence-electron chi connectivity index (χ3n) is 7.87. The molecule has 2 fully saturated rings. The predicted molar refractivity (Wildman–Crippen MR) is 138 cm³/mol. The average Bonchev–Trinajstić information content (AvgIpc) is 3.14. The van der Waals surface area contributed by atoms with E-state index < -0.39 is 0 Å². The summed E-state index contributed by atoms with van der Waals surface area (Å²) in [5, 5.41) is 0. The number of para-hydroxylation sites is 2. The summed E-state index contributed by atoms with van der Waals surface area (Å²) < 4.78 is 6.45. The van der Waals surface area contributed by atoms with Crippen LogP contribution in [0.25, 0.3) is 11.1 Å². The number of benzene rings is 2. The van der Waals surface area contributed by atoms with Gasteiger partial charge < -0.3 is 9.64 Å². The molecule has 0 aliphatic carbocycles. The highest BCUT2D eigenvalue weighted by atomic mass is 16.5. The van der Waals surface area contributed by atoms with Gasteiger partial charge in [-0.25, -0.2) is 0 Å². The minimum Gasteiger partial charge on any atom is -0.453 e. The minimum absolute atomic E-state index is 0.447. The highest BCUT2D eigenvalue weighted by Gasteiger charge is 2.44. The van der Waals surface area contributed by atoms with Gasteiger partial charge in [-0.3, -0.25) is 14.9 Å². The first-order valence-electron chi connectivity index (χ1n) is 12.6. The Labute approximate surface area is 206 Å². The van der Waals surface area contributed by atoms with E-state index in [0.29, 0.717) is 18.1 Å². The van der Waals surface area contributed by atoms with E-state index in [1.807, 2.05) is 36.8 Å². The van der Waals surface area contributed by atoms with E-state index in [9.17, 15) is 0 Å². The van der Waals surface area contributed by atoms with Crippen molar-refractivity contribution in [1.82, 2.24) is 14.9 Å². The fourth-order valence-corrected chi connectivity index (χ4v) is 6.30. The minimum atomic E-state index is 0.447. The van der Waals surface area contributed by atoms with Crippen molar-refractivity contribution in [2.24, 2.45) is 0 Å². The Hall–Kier alpha value is -3.70. The summed E-state index contributed by atoms with van der Waals surface area (Å²) >= 11 is 0. The van der Waals surface area contributed by atoms with E-state index in [2.05, 4.69) is 74.4 Å². The van der Waals surface area contributed by atoms with Crippen LogP contribution in [0.5, 0.6) is 11.5 Å². The quantitative estimate of drug-likeness (QED) is 0.344. The molecule has 3 aliphatic rings. The number of hydrogen-bond acceptors (Lipinski definition) is 5. The zero-order valence-corrected chi connectivity index (χ0v) is 19.6. The van der Waals surface area contributed by atoms with Gasteiger partial charge in [-0.2, -0.15) is 0 Å². The standard InChI is InChI=1S/C30H28N4O/c1-2-7-29-27(6-1)34(28-11-8-22(17-30(28)35-29)21-12-15-31-16-13-21)26-18-24-9-10-25(19-26)33(24)20-23-5-3-4-14-32-23/h1-8,11-17,24-26H,9-10,18-20H2/t24-,25+,26-. The zero-order chi connectivity index (χ0) is 23.2. The Morgan fingerprint density at radius 2 is 1.49 bits per heavy atom. The van der Waals surface area contributed by atoms with Crippen LogP contribution in [0.3, 0.4) is 0 Å². The molecule has 0 amide bonds. The SMILES string of the molecule is c1ccc(CN2[C@@H]3CC[C@H]2C[C@H](N2c4ccccc4Oc4cc(-c5ccncc5)ccc42)C3)nc1. The van der Waals surface area contributed by atoms with Crippen LogP contribution in [-0.4, -0.2) is 33.0 Å². The second-order valence-electron chi connectivity index (χ2n) is 9.86. The van der Waals surface area contributed by atoms with E-state index >= 15 is 0 Å². The van der Waals surface area contributed by atoms with Gasteiger partial charge in [0, 0.05) is 43.3 Å². The molecule has 4 aromatic rings. The summed E-state index contributed by atoms with van der Waals surface area (Å²) in [5.41, 5.74) is 5.82. The van der Waals surface area contributed by atoms with Crippen LogP contribution in [0, 0.1) is 0 Å². The van der Waals surface area contributed by atoms with Crippen molar-refractivity contribution in [1.29, 1.82) is 0 Å². The first kappa shape index (κ1) is 20.7. The molecule has 2 saturated heterocycles. The lowest BCUT2D eigenvalue weighted by Crippen LogP contribution is -2.49. The predicted octanol–water partition coefficient (Wildman–Crippen LogP) is 6.58. The van der Waals surface area contributed by atoms with Crippen LogP contribution in [0.1, 0.15) is 31.4 Å². The van der Waals surface area contributed by atoms with Gasteiger partial charge in [0.25, 0.3) is 0 Å². The smallest absolute Gasteiger partial charge is 0.151 e. The van der Waals surface area contributed by atoms with Gasteiger partial charge in [-0.15, -0.1) is 0 Å². The Kier molecular flexibility index (Phi) is 5.02. The van der Waals surface area contributed by atoms with Crippen LogP contribution in [-0.2, 0) is 6.54 Å². The molecule has 7 rings (SSSR count). The van der Waals surface area contributed by atoms with Gasteiger partial charge >= 0.3 is 0 Å². The van der Waals surface area contributed by atoms with Crippen molar-refractivity contribution in [3.05, 3.63) is 97.1 Å². The normalized spacial score (nSPS) is 22.9. The number of piperidine rings is 1. The molecule has 3 atom stereocenters. The van der Waals surface area contributed by atoms with Crippen molar-refractivity contribution in [2.75, 3.05) is 4.90 Å². The highest BCUT2D eigenvalue weighted by Crippen LogP contribution is 2.51. The number of aromatic nitrogens is 2. The molecule has 0 saturated carbocycles. The van der Waals surface area contributed by atoms with Gasteiger partial charge in [0.15, 0.2) is 11.5 Å². The number of fused-ring (bicyclic) bond motifs is 4. The second-order valence-corrected chi connectivity index (χ2v) is 9.86. The summed E-state index contributed by atoms with van der Waals surface area (Å²) in [6.45, 7) is 0.953. The molecule has 174 valence electrons. The van der Waals surface area contributed by atoms with E-state index in [4.69, 9.17) is 4.74 Å². The largest absolute Gasteiger partial charge is 0.453 e. The van der Waals surface area contributed by atoms with E-state index in [1.54, 1.807) is 0 Å². The topological polar surface area (TPSA) is 41.5 Å². The van der Waals surface area contributed by atoms with Crippen molar-refractivity contribution in [2.45, 2.75) is 50.4 Å². The molecule has 0 N–H and O–H groups in total. The molecular weight excluding hydrogens is 432 g/mol. The van der Waals surface area contributed by atoms with Crippen molar-refractivity contribution < 1.29 is 4.74 Å². The first-order chi connectivity index (χ1) is 17.3. The fraction of sp³-hybridized carbons (Fsp3) is 0.267. The number of pyridine rings is 2. The Morgan fingerprint density at radius 3 is 2.29 bits per heavy atom. The number of anilines is 2. The van der Waals surface area contributed by atoms with Crippen LogP contribution in [0.4, 0.5) is 11.4 Å². The third kappa shape index (κ3) is 3.67. The molecule has 2 aromatic heterocycles. The number of ether oxygens (including phenoxy) is 1. The lowest BCUT2D eigenvalue weighted by atomic mass is 9.93. The molecular formula is C30H28N4O. The monoisotopic (exact) mass is 460 g/mol. The Bertz CT molecular complexity index is 1330. The van der Waals surface area contributed by atoms with E-state index in [0.717, 1.165) is 42.0 Å². The molecule has 2 aromatic carbocycles. The maximum absolute atomic E-state index is 6.45. The number of rotatable bonds is 4. The molecule has 0 radical (unpaired) electrons. The van der Waals surface area contributed by atoms with E-state index in [1.165, 1.54) is 29.9 Å². The number of hydrogen-bond donors (Lipinski definition) is 0. The van der Waals surface area contributed by atoms with Gasteiger partial charge in [-0.1, -0.05) is 24.3 Å². The highest BCUT2D eigenvalue weighted by molar-refractivity contribution is 5.81. The number of nitrogens with zero attached hydrogens (tertiary/aromatic N) is 4. The Morgan fingerprint density at radius 1 is 0.714 bits per heavy atom. The molecule has 0 spiro atoms. The van der Waals surface area contributed by atoms with Crippen LogP contribution < -0.4 is 9.64 Å². The van der Waals surface area contributed by atoms with E-state index in [-0.39, 0.29) is 0 Å². The summed E-state index contributed by atoms with van der Waals surface area (Å²) in [4.78, 5) is 14.0. The molecule has 5 heteroatoms. The summed E-state index contributed by atoms with van der Waals surface area (Å²) in [6, 6.07) is 27.1. The molecule has 0 unspecified atom stereocenters. The maximum Gasteiger partial charge on any atom is 0.151 e. The average molecular weight is 461 g/mol. The third-order valence-corrected chi connectivity index (χ3v) is 7.87. The van der Waals surface area contributed by atoms with Crippen LogP contribution in [0.15, 0.2) is 91.4 Å². The first-order valence-corrected chi connectivity index (χ1v) is 12.6. The summed E-state index contributed by atoms with van der Waals surface area (Å²) in [6.07, 6.45) is 10.4. The van der Waals surface area contributed by atoms with Crippen molar-refractivity contribution in [3.63, 3.8) is 0 Å². The van der Waals surface area contributed by atoms with Gasteiger partial charge in [0.1, 0.15) is 0 Å². The van der Waals surface area contributed by atoms with Crippen molar-refractivity contribution >= 4 is 11.4 Å². The summed E-state index contributed by atoms with van der Waals surface area (Å²) in [5.74, 6) is 1.87. The zero-order valence-electron chi connectivity index (χ0n) is 19.6. The van der Waals surface area contributed by atoms with Gasteiger partial charge in [0.05, 0.1) is 17.1 Å². The second kappa shape index (κ2) is 8.51. The summed E-state index contributed by atoms with van der Waals surface area (Å²) in [7, 11) is 0. The lowest BCUT2D eigenvalue weighted by Gasteiger charge is -2.46. The molecule has 3 aliphatic heterocycles. The van der Waals surface area contributed by atoms with Crippen LogP contribution >= 0.6 is 0 Å². The Balaban J connectivity index is 1.22. The molecule has 5 nitrogen and oxygen atoms in total. The van der Waals surface area contributed by atoms with Gasteiger partial charge in [0.2, 0.25) is 0 Å². The molecule has 35 heavy (non-hydrogen) atoms. The fourth-order valence-electron chi connectivity index (χ4n) is 6.30. The lowest BCUT2D eigenvalue weighted by molar-refractivity contribution is 0.118. The van der Waals surface area contributed by atoms with Crippen LogP contribution in [0.2, 0.25) is 0 Å². The molecule has 2 bridgehead atoms. The van der Waals surface area contributed by atoms with Gasteiger partial charge in [-0.05, 0) is 85.3 Å². The molecule has 5 heterocycles.